The van der Waals surface area contributed by atoms with Crippen LogP contribution in [0.2, 0.25) is 0 Å². The number of rotatable bonds is 6. The molecule has 0 saturated carbocycles. The van der Waals surface area contributed by atoms with E-state index in [9.17, 15) is 8.78 Å². The van der Waals surface area contributed by atoms with Gasteiger partial charge in [-0.2, -0.15) is 0 Å². The van der Waals surface area contributed by atoms with Crippen molar-refractivity contribution in [3.05, 3.63) is 29.8 Å². The molecular weight excluding hydrogens is 415 g/mol. The summed E-state index contributed by atoms with van der Waals surface area (Å²) in [6, 6.07) is 7.05. The molecule has 4 nitrogen and oxygen atoms in total. The molecule has 1 aromatic rings. The highest BCUT2D eigenvalue weighted by atomic mass is 127. The minimum atomic E-state index is -2.47. The highest BCUT2D eigenvalue weighted by Gasteiger charge is 2.11. The van der Waals surface area contributed by atoms with Gasteiger partial charge in [0.1, 0.15) is 12.4 Å². The van der Waals surface area contributed by atoms with Crippen LogP contribution in [0, 0.1) is 0 Å². The first-order valence-electron chi connectivity index (χ1n) is 7.36. The van der Waals surface area contributed by atoms with Gasteiger partial charge in [0, 0.05) is 12.1 Å². The average Bonchev–Trinajstić information content (AvgIpc) is 2.42. The Kier molecular flexibility index (Phi) is 10.1. The molecule has 0 radical (unpaired) electrons. The van der Waals surface area contributed by atoms with Crippen LogP contribution in [0.4, 0.5) is 8.78 Å². The number of nitrogens with zero attached hydrogens (tertiary/aromatic N) is 1. The molecule has 0 aromatic heterocycles. The largest absolute Gasteiger partial charge is 0.488 e. The molecule has 7 heteroatoms. The number of aliphatic imine (C=N–C) groups is 1. The van der Waals surface area contributed by atoms with E-state index in [1.165, 1.54) is 0 Å². The van der Waals surface area contributed by atoms with Crippen molar-refractivity contribution >= 4 is 29.9 Å². The second kappa shape index (κ2) is 10.6. The lowest BCUT2D eigenvalue weighted by Gasteiger charge is -2.23. The smallest absolute Gasteiger partial charge is 0.272 e. The van der Waals surface area contributed by atoms with E-state index in [0.29, 0.717) is 18.3 Å². The summed E-state index contributed by atoms with van der Waals surface area (Å²) in [7, 11) is 0. The van der Waals surface area contributed by atoms with Crippen LogP contribution in [0.5, 0.6) is 5.75 Å². The monoisotopic (exact) mass is 441 g/mol. The third kappa shape index (κ3) is 10.3. The molecule has 0 fully saturated rings. The Morgan fingerprint density at radius 1 is 1.30 bits per heavy atom. The normalized spacial score (nSPS) is 11.9. The molecule has 0 amide bonds. The van der Waals surface area contributed by atoms with E-state index in [-0.39, 0.29) is 29.5 Å². The van der Waals surface area contributed by atoms with Gasteiger partial charge in [0.15, 0.2) is 5.96 Å². The number of ether oxygens (including phenoxy) is 1. The SMILES string of the molecule is CCNC(=NCc1cccc(OCC(F)F)c1)NC(C)(C)C.I. The fraction of sp³-hybridized carbons (Fsp3) is 0.562. The molecule has 0 aliphatic heterocycles. The zero-order valence-electron chi connectivity index (χ0n) is 14.0. The first-order valence-corrected chi connectivity index (χ1v) is 7.36. The Morgan fingerprint density at radius 3 is 2.57 bits per heavy atom. The highest BCUT2D eigenvalue weighted by Crippen LogP contribution is 2.15. The summed E-state index contributed by atoms with van der Waals surface area (Å²) in [5.74, 6) is 1.15. The Morgan fingerprint density at radius 2 is 2.00 bits per heavy atom. The average molecular weight is 441 g/mol. The molecule has 0 atom stereocenters. The standard InChI is InChI=1S/C16H25F2N3O.HI/c1-5-19-15(21-16(2,3)4)20-10-12-7-6-8-13(9-12)22-11-14(17)18;/h6-9,14H,5,10-11H2,1-4H3,(H2,19,20,21);1H. The van der Waals surface area contributed by atoms with Gasteiger partial charge >= 0.3 is 0 Å². The van der Waals surface area contributed by atoms with Crippen LogP contribution in [-0.2, 0) is 6.54 Å². The predicted molar refractivity (Wildman–Crippen MR) is 101 cm³/mol. The quantitative estimate of drug-likeness (QED) is 0.401. The van der Waals surface area contributed by atoms with Crippen LogP contribution in [-0.4, -0.2) is 31.1 Å². The second-order valence-electron chi connectivity index (χ2n) is 5.92. The van der Waals surface area contributed by atoms with Crippen molar-refractivity contribution in [1.29, 1.82) is 0 Å². The number of benzene rings is 1. The summed E-state index contributed by atoms with van der Waals surface area (Å²) in [6.45, 7) is 8.77. The van der Waals surface area contributed by atoms with E-state index in [0.717, 1.165) is 12.1 Å². The molecule has 0 saturated heterocycles. The van der Waals surface area contributed by atoms with Crippen LogP contribution in [0.15, 0.2) is 29.3 Å². The maximum atomic E-state index is 12.2. The van der Waals surface area contributed by atoms with Crippen LogP contribution in [0.25, 0.3) is 0 Å². The Labute approximate surface area is 154 Å². The van der Waals surface area contributed by atoms with E-state index >= 15 is 0 Å². The summed E-state index contributed by atoms with van der Waals surface area (Å²) >= 11 is 0. The number of alkyl halides is 2. The molecule has 0 heterocycles. The van der Waals surface area contributed by atoms with Crippen LogP contribution < -0.4 is 15.4 Å². The van der Waals surface area contributed by atoms with Gasteiger partial charge in [0.05, 0.1) is 6.54 Å². The molecule has 0 aliphatic rings. The highest BCUT2D eigenvalue weighted by molar-refractivity contribution is 14.0. The zero-order chi connectivity index (χ0) is 16.6. The van der Waals surface area contributed by atoms with Gasteiger partial charge in [-0.1, -0.05) is 12.1 Å². The van der Waals surface area contributed by atoms with Gasteiger partial charge in [-0.25, -0.2) is 13.8 Å². The summed E-state index contributed by atoms with van der Waals surface area (Å²) < 4.78 is 29.3. The molecule has 0 spiro atoms. The maximum Gasteiger partial charge on any atom is 0.272 e. The Hall–Kier alpha value is -1.12. The number of hydrogen-bond acceptors (Lipinski definition) is 2. The van der Waals surface area contributed by atoms with E-state index in [1.54, 1.807) is 18.2 Å². The molecular formula is C16H26F2IN3O. The fourth-order valence-corrected chi connectivity index (χ4v) is 1.73. The Balaban J connectivity index is 0.00000484. The van der Waals surface area contributed by atoms with Gasteiger partial charge in [-0.05, 0) is 45.4 Å². The number of hydrogen-bond donors (Lipinski definition) is 2. The van der Waals surface area contributed by atoms with Gasteiger partial charge in [-0.3, -0.25) is 0 Å². The van der Waals surface area contributed by atoms with E-state index in [1.807, 2.05) is 13.0 Å². The lowest BCUT2D eigenvalue weighted by atomic mass is 10.1. The molecule has 0 unspecified atom stereocenters. The summed E-state index contributed by atoms with van der Waals surface area (Å²) in [6.07, 6.45) is -2.47. The second-order valence-corrected chi connectivity index (χ2v) is 5.92. The first kappa shape index (κ1) is 21.9. The van der Waals surface area contributed by atoms with E-state index < -0.39 is 13.0 Å². The van der Waals surface area contributed by atoms with E-state index in [4.69, 9.17) is 4.74 Å². The van der Waals surface area contributed by atoms with Crippen molar-refractivity contribution in [2.75, 3.05) is 13.2 Å². The fourth-order valence-electron chi connectivity index (χ4n) is 1.73. The zero-order valence-corrected chi connectivity index (χ0v) is 16.4. The topological polar surface area (TPSA) is 45.7 Å². The van der Waals surface area contributed by atoms with Crippen molar-refractivity contribution in [3.63, 3.8) is 0 Å². The molecule has 1 aromatic carbocycles. The summed E-state index contributed by atoms with van der Waals surface area (Å²) in [5, 5.41) is 6.46. The summed E-state index contributed by atoms with van der Waals surface area (Å²) in [5.41, 5.74) is 0.807. The molecule has 23 heavy (non-hydrogen) atoms. The van der Waals surface area contributed by atoms with Gasteiger partial charge in [0.25, 0.3) is 6.43 Å². The minimum Gasteiger partial charge on any atom is -0.488 e. The Bertz CT molecular complexity index is 490. The van der Waals surface area contributed by atoms with Crippen molar-refractivity contribution < 1.29 is 13.5 Å². The van der Waals surface area contributed by atoms with Crippen molar-refractivity contribution in [2.45, 2.75) is 46.2 Å². The third-order valence-corrected chi connectivity index (χ3v) is 2.53. The number of halogens is 3. The lowest BCUT2D eigenvalue weighted by Crippen LogP contribution is -2.47. The van der Waals surface area contributed by atoms with Crippen molar-refractivity contribution in [2.24, 2.45) is 4.99 Å². The van der Waals surface area contributed by atoms with Crippen LogP contribution in [0.3, 0.4) is 0 Å². The molecule has 0 bridgehead atoms. The van der Waals surface area contributed by atoms with Crippen LogP contribution >= 0.6 is 24.0 Å². The van der Waals surface area contributed by atoms with Gasteiger partial charge in [0.2, 0.25) is 0 Å². The molecule has 132 valence electrons. The molecule has 0 aliphatic carbocycles. The lowest BCUT2D eigenvalue weighted by molar-refractivity contribution is 0.0818. The molecule has 1 rings (SSSR count). The third-order valence-electron chi connectivity index (χ3n) is 2.53. The van der Waals surface area contributed by atoms with Crippen molar-refractivity contribution in [1.82, 2.24) is 10.6 Å². The molecule has 2 N–H and O–H groups in total. The number of guanidine groups is 1. The first-order chi connectivity index (χ1) is 10.3. The minimum absolute atomic E-state index is 0. The van der Waals surface area contributed by atoms with Gasteiger partial charge < -0.3 is 15.4 Å². The van der Waals surface area contributed by atoms with Gasteiger partial charge in [-0.15, -0.1) is 24.0 Å². The predicted octanol–water partition coefficient (Wildman–Crippen LogP) is 3.80. The van der Waals surface area contributed by atoms with E-state index in [2.05, 4.69) is 36.4 Å². The number of nitrogens with one attached hydrogen (secondary N) is 2. The van der Waals surface area contributed by atoms with Crippen LogP contribution in [0.1, 0.15) is 33.3 Å². The maximum absolute atomic E-state index is 12.2. The summed E-state index contributed by atoms with van der Waals surface area (Å²) in [4.78, 5) is 4.50. The van der Waals surface area contributed by atoms with Crippen molar-refractivity contribution in [3.8, 4) is 5.75 Å².